The largest absolute Gasteiger partial charge is 0.393 e. The van der Waals surface area contributed by atoms with Crippen LogP contribution >= 0.6 is 0 Å². The Labute approximate surface area is 146 Å². The third-order valence-electron chi connectivity index (χ3n) is 8.68. The zero-order valence-corrected chi connectivity index (χ0v) is 15.4. The van der Waals surface area contributed by atoms with Crippen LogP contribution in [0.3, 0.4) is 0 Å². The summed E-state index contributed by atoms with van der Waals surface area (Å²) in [4.78, 5) is 0. The molecule has 0 heterocycles. The second-order valence-corrected chi connectivity index (χ2v) is 9.75. The summed E-state index contributed by atoms with van der Waals surface area (Å²) in [6.07, 6.45) is 8.44. The molecule has 0 aromatic heterocycles. The Hall–Kier alpha value is -0.380. The van der Waals surface area contributed by atoms with Crippen LogP contribution in [0.1, 0.15) is 65.7 Å². The van der Waals surface area contributed by atoms with Gasteiger partial charge in [-0.3, -0.25) is 0 Å². The Balaban J connectivity index is 1.70. The van der Waals surface area contributed by atoms with Crippen molar-refractivity contribution in [3.63, 3.8) is 0 Å². The molecule has 0 aromatic carbocycles. The van der Waals surface area contributed by atoms with Crippen LogP contribution in [0, 0.1) is 34.5 Å². The minimum absolute atomic E-state index is 0.0613. The van der Waals surface area contributed by atoms with Gasteiger partial charge in [0.05, 0.1) is 18.3 Å². The Kier molecular flexibility index (Phi) is 3.95. The highest BCUT2D eigenvalue weighted by Gasteiger charge is 2.62. The molecule has 0 bridgehead atoms. The molecule has 3 unspecified atom stereocenters. The lowest BCUT2D eigenvalue weighted by atomic mass is 9.45. The average Bonchev–Trinajstić information content (AvgIpc) is 2.84. The van der Waals surface area contributed by atoms with Crippen LogP contribution in [0.5, 0.6) is 0 Å². The second-order valence-electron chi connectivity index (χ2n) is 9.75. The third-order valence-corrected chi connectivity index (χ3v) is 8.68. The molecule has 4 aliphatic carbocycles. The molecule has 0 amide bonds. The maximum atomic E-state index is 11.2. The maximum absolute atomic E-state index is 11.2. The van der Waals surface area contributed by atoms with Gasteiger partial charge in [-0.25, -0.2) is 0 Å². The van der Waals surface area contributed by atoms with E-state index in [1.165, 1.54) is 12.0 Å². The van der Waals surface area contributed by atoms with E-state index < -0.39 is 0 Å². The lowest BCUT2D eigenvalue weighted by Crippen LogP contribution is -2.57. The van der Waals surface area contributed by atoms with Gasteiger partial charge in [0.25, 0.3) is 0 Å². The van der Waals surface area contributed by atoms with Crippen molar-refractivity contribution in [1.82, 2.24) is 0 Å². The fourth-order valence-corrected chi connectivity index (χ4v) is 7.67. The Morgan fingerprint density at radius 2 is 1.88 bits per heavy atom. The van der Waals surface area contributed by atoms with Crippen LogP contribution in [-0.2, 0) is 0 Å². The van der Waals surface area contributed by atoms with Crippen molar-refractivity contribution in [2.75, 3.05) is 0 Å². The molecule has 24 heavy (non-hydrogen) atoms. The molecule has 0 spiro atoms. The fourth-order valence-electron chi connectivity index (χ4n) is 7.67. The number of hydrogen-bond donors (Lipinski definition) is 3. The molecule has 0 radical (unpaired) electrons. The van der Waals surface area contributed by atoms with Gasteiger partial charge in [0.2, 0.25) is 0 Å². The fraction of sp³-hybridized carbons (Fsp3) is 0.905. The predicted octanol–water partition coefficient (Wildman–Crippen LogP) is 3.28. The summed E-state index contributed by atoms with van der Waals surface area (Å²) in [7, 11) is 0. The summed E-state index contributed by atoms with van der Waals surface area (Å²) in [5, 5.41) is 31.5. The second kappa shape index (κ2) is 5.56. The van der Waals surface area contributed by atoms with Gasteiger partial charge in [-0.2, -0.15) is 0 Å². The zero-order valence-electron chi connectivity index (χ0n) is 15.4. The van der Waals surface area contributed by atoms with E-state index in [4.69, 9.17) is 0 Å². The van der Waals surface area contributed by atoms with Crippen LogP contribution in [0.4, 0.5) is 0 Å². The van der Waals surface area contributed by atoms with E-state index in [0.717, 1.165) is 38.5 Å². The molecule has 136 valence electrons. The summed E-state index contributed by atoms with van der Waals surface area (Å²) >= 11 is 0. The molecule has 3 N–H and O–H groups in total. The third kappa shape index (κ3) is 2.20. The molecular weight excluding hydrogens is 300 g/mol. The highest BCUT2D eigenvalue weighted by molar-refractivity contribution is 5.26. The SMILES string of the molecule is CC(O)[C@H]1CC[C@H]2[C@@H]3CCC4=CC(O)CC[C@]4(C)[C@H]3C(O)C[C@]12C. The first-order valence-corrected chi connectivity index (χ1v) is 10.0. The van der Waals surface area contributed by atoms with E-state index in [2.05, 4.69) is 19.9 Å². The first kappa shape index (κ1) is 17.1. The first-order chi connectivity index (χ1) is 11.3. The predicted molar refractivity (Wildman–Crippen MR) is 94.3 cm³/mol. The van der Waals surface area contributed by atoms with E-state index in [1.54, 1.807) is 0 Å². The van der Waals surface area contributed by atoms with Gasteiger partial charge in [0, 0.05) is 0 Å². The van der Waals surface area contributed by atoms with Gasteiger partial charge in [-0.1, -0.05) is 25.5 Å². The first-order valence-electron chi connectivity index (χ1n) is 10.0. The number of allylic oxidation sites excluding steroid dienone is 1. The van der Waals surface area contributed by atoms with Crippen molar-refractivity contribution in [1.29, 1.82) is 0 Å². The van der Waals surface area contributed by atoms with Gasteiger partial charge in [-0.15, -0.1) is 0 Å². The van der Waals surface area contributed by atoms with Crippen LogP contribution in [0.2, 0.25) is 0 Å². The molecule has 9 atom stereocenters. The topological polar surface area (TPSA) is 60.7 Å². The Morgan fingerprint density at radius 3 is 2.58 bits per heavy atom. The molecule has 0 saturated heterocycles. The van der Waals surface area contributed by atoms with Crippen LogP contribution in [0.25, 0.3) is 0 Å². The summed E-state index contributed by atoms with van der Waals surface area (Å²) in [5.74, 6) is 1.86. The van der Waals surface area contributed by atoms with Gasteiger partial charge >= 0.3 is 0 Å². The van der Waals surface area contributed by atoms with Crippen molar-refractivity contribution < 1.29 is 15.3 Å². The molecule has 3 heteroatoms. The minimum Gasteiger partial charge on any atom is -0.393 e. The summed E-state index contributed by atoms with van der Waals surface area (Å²) in [5.41, 5.74) is 1.54. The molecule has 0 aromatic rings. The number of aliphatic hydroxyl groups excluding tert-OH is 3. The average molecular weight is 335 g/mol. The van der Waals surface area contributed by atoms with E-state index in [1.807, 2.05) is 6.92 Å². The molecule has 0 aliphatic heterocycles. The lowest BCUT2D eigenvalue weighted by molar-refractivity contribution is -0.138. The Bertz CT molecular complexity index is 541. The number of fused-ring (bicyclic) bond motifs is 5. The van der Waals surface area contributed by atoms with Gasteiger partial charge in [0.15, 0.2) is 0 Å². The quantitative estimate of drug-likeness (QED) is 0.645. The summed E-state index contributed by atoms with van der Waals surface area (Å²) in [6.45, 7) is 6.61. The van der Waals surface area contributed by atoms with E-state index in [9.17, 15) is 15.3 Å². The number of aliphatic hydroxyl groups is 3. The van der Waals surface area contributed by atoms with Crippen molar-refractivity contribution in [2.24, 2.45) is 34.5 Å². The number of rotatable bonds is 1. The Morgan fingerprint density at radius 1 is 1.12 bits per heavy atom. The van der Waals surface area contributed by atoms with E-state index in [0.29, 0.717) is 23.7 Å². The van der Waals surface area contributed by atoms with Crippen LogP contribution < -0.4 is 0 Å². The van der Waals surface area contributed by atoms with E-state index in [-0.39, 0.29) is 29.1 Å². The molecule has 3 saturated carbocycles. The standard InChI is InChI=1S/C21H34O3/c1-12(22)16-6-7-17-15-5-4-13-10-14(23)8-9-20(13,2)19(15)18(24)11-21(16,17)3/h10,12,14-19,22-24H,4-9,11H2,1-3H3/t12?,14?,15-,16+,17-,18?,19+,20-,21+/m0/s1. The monoisotopic (exact) mass is 334 g/mol. The van der Waals surface area contributed by atoms with Crippen LogP contribution in [0.15, 0.2) is 11.6 Å². The van der Waals surface area contributed by atoms with Gasteiger partial charge in [-0.05, 0) is 86.4 Å². The highest BCUT2D eigenvalue weighted by Crippen LogP contribution is 2.67. The summed E-state index contributed by atoms with van der Waals surface area (Å²) in [6, 6.07) is 0. The minimum atomic E-state index is -0.290. The molecule has 4 aliphatic rings. The van der Waals surface area contributed by atoms with Gasteiger partial charge in [0.1, 0.15) is 0 Å². The molecule has 3 nitrogen and oxygen atoms in total. The van der Waals surface area contributed by atoms with E-state index >= 15 is 0 Å². The van der Waals surface area contributed by atoms with Crippen molar-refractivity contribution >= 4 is 0 Å². The molecular formula is C21H34O3. The highest BCUT2D eigenvalue weighted by atomic mass is 16.3. The lowest BCUT2D eigenvalue weighted by Gasteiger charge is -2.60. The smallest absolute Gasteiger partial charge is 0.0724 e. The van der Waals surface area contributed by atoms with Crippen molar-refractivity contribution in [3.05, 3.63) is 11.6 Å². The zero-order chi connectivity index (χ0) is 17.3. The van der Waals surface area contributed by atoms with Gasteiger partial charge < -0.3 is 15.3 Å². The van der Waals surface area contributed by atoms with Crippen LogP contribution in [-0.4, -0.2) is 33.6 Å². The number of hydrogen-bond acceptors (Lipinski definition) is 3. The van der Waals surface area contributed by atoms with Crippen molar-refractivity contribution in [3.8, 4) is 0 Å². The molecule has 3 fully saturated rings. The summed E-state index contributed by atoms with van der Waals surface area (Å²) < 4.78 is 0. The van der Waals surface area contributed by atoms with Crippen molar-refractivity contribution in [2.45, 2.75) is 84.0 Å². The molecule has 4 rings (SSSR count). The normalized spacial score (nSPS) is 55.2. The maximum Gasteiger partial charge on any atom is 0.0724 e.